The van der Waals surface area contributed by atoms with Crippen molar-refractivity contribution in [1.29, 1.82) is 5.26 Å². The Balaban J connectivity index is 2.31. The zero-order valence-electron chi connectivity index (χ0n) is 12.9. The first-order chi connectivity index (χ1) is 10.3. The van der Waals surface area contributed by atoms with Gasteiger partial charge in [0.1, 0.15) is 11.6 Å². The van der Waals surface area contributed by atoms with Crippen molar-refractivity contribution in [1.82, 2.24) is 9.61 Å². The minimum atomic E-state index is -1.11. The Kier molecular flexibility index (Phi) is 3.10. The maximum absolute atomic E-state index is 11.7. The van der Waals surface area contributed by atoms with Gasteiger partial charge in [-0.1, -0.05) is 6.07 Å². The smallest absolute Gasteiger partial charge is 0.413 e. The number of aromatic nitrogens is 2. The number of hydrogen-bond donors (Lipinski definition) is 1. The molecule has 2 aromatic heterocycles. The average molecular weight is 298 g/mol. The summed E-state index contributed by atoms with van der Waals surface area (Å²) in [5, 5.41) is 23.6. The van der Waals surface area contributed by atoms with E-state index in [0.717, 1.165) is 25.0 Å². The molecule has 1 aliphatic carbocycles. The van der Waals surface area contributed by atoms with Gasteiger partial charge in [0.15, 0.2) is 5.82 Å². The molecule has 0 unspecified atom stereocenters. The Morgan fingerprint density at radius 3 is 2.73 bits per heavy atom. The molecule has 1 amide bonds. The van der Waals surface area contributed by atoms with Crippen molar-refractivity contribution in [3.63, 3.8) is 0 Å². The molecule has 0 radical (unpaired) electrons. The molecule has 0 aromatic carbocycles. The number of fused-ring (bicyclic) bond motifs is 3. The fraction of sp³-hybridized carbons (Fsp3) is 0.438. The minimum Gasteiger partial charge on any atom is -0.465 e. The van der Waals surface area contributed by atoms with E-state index in [-0.39, 0.29) is 5.82 Å². The molecule has 22 heavy (non-hydrogen) atoms. The molecule has 1 aliphatic rings. The van der Waals surface area contributed by atoms with E-state index in [1.54, 1.807) is 25.3 Å². The monoisotopic (exact) mass is 298 g/mol. The van der Waals surface area contributed by atoms with Crippen LogP contribution in [0.25, 0.3) is 5.52 Å². The fourth-order valence-electron chi connectivity index (χ4n) is 3.09. The average Bonchev–Trinajstić information content (AvgIpc) is 2.98. The number of carbonyl (C=O) groups is 1. The Bertz CT molecular complexity index is 808. The van der Waals surface area contributed by atoms with Crippen LogP contribution in [0.5, 0.6) is 0 Å². The van der Waals surface area contributed by atoms with Crippen molar-refractivity contribution in [2.24, 2.45) is 0 Å². The normalized spacial score (nSPS) is 13.9. The van der Waals surface area contributed by atoms with E-state index < -0.39 is 11.6 Å². The van der Waals surface area contributed by atoms with Gasteiger partial charge in [0.05, 0.1) is 5.52 Å². The van der Waals surface area contributed by atoms with Gasteiger partial charge < -0.3 is 5.11 Å². The van der Waals surface area contributed by atoms with Gasteiger partial charge in [-0.25, -0.2) is 9.31 Å². The van der Waals surface area contributed by atoms with E-state index >= 15 is 0 Å². The lowest BCUT2D eigenvalue weighted by Gasteiger charge is -2.31. The number of carboxylic acid groups (broad SMARTS) is 1. The first kappa shape index (κ1) is 14.4. The second-order valence-corrected chi connectivity index (χ2v) is 6.56. The number of aryl methyl sites for hydroxylation is 2. The largest absolute Gasteiger partial charge is 0.465 e. The zero-order valence-corrected chi connectivity index (χ0v) is 12.9. The summed E-state index contributed by atoms with van der Waals surface area (Å²) < 4.78 is 1.75. The van der Waals surface area contributed by atoms with Gasteiger partial charge in [0, 0.05) is 11.2 Å². The molecule has 1 N–H and O–H groups in total. The molecule has 0 saturated carbocycles. The van der Waals surface area contributed by atoms with Crippen LogP contribution in [0.2, 0.25) is 0 Å². The number of nitrogens with zero attached hydrogens (tertiary/aromatic N) is 4. The minimum absolute atomic E-state index is 0.211. The number of pyridine rings is 1. The van der Waals surface area contributed by atoms with Gasteiger partial charge in [0.2, 0.25) is 0 Å². The number of anilines is 1. The highest BCUT2D eigenvalue weighted by Gasteiger charge is 2.33. The molecule has 0 bridgehead atoms. The third-order valence-corrected chi connectivity index (χ3v) is 4.02. The summed E-state index contributed by atoms with van der Waals surface area (Å²) in [7, 11) is 0. The van der Waals surface area contributed by atoms with E-state index in [4.69, 9.17) is 0 Å². The standard InChI is InChI=1S/C16H18N4O2/c1-16(2,3)19(15(21)22)14-11(9-17)13-8-7-10-5-4-6-12(10)20(13)18-14/h7-8H,4-6H2,1-3H3,(H,21,22). The Morgan fingerprint density at radius 2 is 2.14 bits per heavy atom. The zero-order chi connectivity index (χ0) is 16.1. The molecule has 0 fully saturated rings. The summed E-state index contributed by atoms with van der Waals surface area (Å²) in [6.07, 6.45) is 1.86. The molecule has 0 atom stereocenters. The van der Waals surface area contributed by atoms with Gasteiger partial charge in [-0.15, -0.1) is 5.10 Å². The first-order valence-electron chi connectivity index (χ1n) is 7.31. The Hall–Kier alpha value is -2.55. The lowest BCUT2D eigenvalue weighted by atomic mass is 10.1. The number of hydrogen-bond acceptors (Lipinski definition) is 3. The summed E-state index contributed by atoms with van der Waals surface area (Å²) in [6, 6.07) is 6.01. The van der Waals surface area contributed by atoms with Gasteiger partial charge in [0.25, 0.3) is 0 Å². The van der Waals surface area contributed by atoms with Crippen molar-refractivity contribution < 1.29 is 9.90 Å². The van der Waals surface area contributed by atoms with Gasteiger partial charge in [-0.05, 0) is 51.7 Å². The van der Waals surface area contributed by atoms with Crippen LogP contribution >= 0.6 is 0 Å². The summed E-state index contributed by atoms with van der Waals surface area (Å²) in [5.41, 5.74) is 2.61. The summed E-state index contributed by atoms with van der Waals surface area (Å²) >= 11 is 0. The molecule has 2 aromatic rings. The Morgan fingerprint density at radius 1 is 1.41 bits per heavy atom. The van der Waals surface area contributed by atoms with E-state index in [0.29, 0.717) is 11.1 Å². The molecule has 2 heterocycles. The highest BCUT2D eigenvalue weighted by atomic mass is 16.4. The van der Waals surface area contributed by atoms with Crippen LogP contribution in [0.4, 0.5) is 10.6 Å². The van der Waals surface area contributed by atoms with Crippen molar-refractivity contribution >= 4 is 17.4 Å². The van der Waals surface area contributed by atoms with Crippen LogP contribution in [0.15, 0.2) is 12.1 Å². The van der Waals surface area contributed by atoms with Crippen molar-refractivity contribution in [2.45, 2.75) is 45.6 Å². The third-order valence-electron chi connectivity index (χ3n) is 4.02. The summed E-state index contributed by atoms with van der Waals surface area (Å²) in [4.78, 5) is 12.9. The molecule has 0 aliphatic heterocycles. The molecule has 6 nitrogen and oxygen atoms in total. The molecule has 6 heteroatoms. The van der Waals surface area contributed by atoms with Crippen LogP contribution < -0.4 is 4.90 Å². The van der Waals surface area contributed by atoms with E-state index in [9.17, 15) is 15.2 Å². The third kappa shape index (κ3) is 2.01. The number of amides is 1. The maximum Gasteiger partial charge on any atom is 0.413 e. The second-order valence-electron chi connectivity index (χ2n) is 6.56. The lowest BCUT2D eigenvalue weighted by Crippen LogP contribution is -2.45. The predicted octanol–water partition coefficient (Wildman–Crippen LogP) is 2.98. The number of rotatable bonds is 1. The topological polar surface area (TPSA) is 81.6 Å². The quantitative estimate of drug-likeness (QED) is 0.877. The summed E-state index contributed by atoms with van der Waals surface area (Å²) in [5.74, 6) is 0.211. The van der Waals surface area contributed by atoms with Crippen molar-refractivity contribution in [2.75, 3.05) is 4.90 Å². The SMILES string of the molecule is CC(C)(C)N(C(=O)O)c1nn2c3c(ccc2c1C#N)CCC3. The van der Waals surface area contributed by atoms with Gasteiger partial charge in [-0.3, -0.25) is 4.90 Å². The molecular formula is C16H18N4O2. The molecule has 0 saturated heterocycles. The summed E-state index contributed by atoms with van der Waals surface area (Å²) in [6.45, 7) is 5.37. The fourth-order valence-corrected chi connectivity index (χ4v) is 3.09. The van der Waals surface area contributed by atoms with Crippen LogP contribution in [0.3, 0.4) is 0 Å². The van der Waals surface area contributed by atoms with E-state index in [2.05, 4.69) is 11.2 Å². The van der Waals surface area contributed by atoms with E-state index in [1.165, 1.54) is 10.5 Å². The highest BCUT2D eigenvalue weighted by molar-refractivity contribution is 5.90. The molecule has 0 spiro atoms. The van der Waals surface area contributed by atoms with Crippen molar-refractivity contribution in [3.8, 4) is 6.07 Å². The molecular weight excluding hydrogens is 280 g/mol. The first-order valence-corrected chi connectivity index (χ1v) is 7.31. The number of nitriles is 1. The van der Waals surface area contributed by atoms with Gasteiger partial charge >= 0.3 is 6.09 Å². The van der Waals surface area contributed by atoms with Gasteiger partial charge in [-0.2, -0.15) is 5.26 Å². The predicted molar refractivity (Wildman–Crippen MR) is 82.2 cm³/mol. The second kappa shape index (κ2) is 4.73. The van der Waals surface area contributed by atoms with E-state index in [1.807, 2.05) is 12.1 Å². The Labute approximate surface area is 128 Å². The van der Waals surface area contributed by atoms with Crippen molar-refractivity contribution in [3.05, 3.63) is 29.0 Å². The van der Waals surface area contributed by atoms with Crippen LogP contribution in [-0.4, -0.2) is 26.4 Å². The van der Waals surface area contributed by atoms with Crippen LogP contribution in [0.1, 0.15) is 44.0 Å². The molecule has 3 rings (SSSR count). The highest BCUT2D eigenvalue weighted by Crippen LogP contribution is 2.32. The molecule has 114 valence electrons. The lowest BCUT2D eigenvalue weighted by molar-refractivity contribution is 0.195. The van der Waals surface area contributed by atoms with Crippen LogP contribution in [0, 0.1) is 11.3 Å². The maximum atomic E-state index is 11.7. The van der Waals surface area contributed by atoms with Crippen LogP contribution in [-0.2, 0) is 12.8 Å².